The Hall–Kier alpha value is -3.29. The van der Waals surface area contributed by atoms with Crippen LogP contribution >= 0.6 is 0 Å². The molecule has 0 unspecified atom stereocenters. The molecule has 2 amide bonds. The maximum Gasteiger partial charge on any atom is 0.272 e. The van der Waals surface area contributed by atoms with E-state index in [1.165, 1.54) is 17.0 Å². The van der Waals surface area contributed by atoms with Crippen LogP contribution in [0.2, 0.25) is 0 Å². The highest BCUT2D eigenvalue weighted by Crippen LogP contribution is 2.20. The molecule has 0 bridgehead atoms. The molecule has 0 saturated carbocycles. The van der Waals surface area contributed by atoms with Crippen molar-refractivity contribution in [1.82, 2.24) is 4.90 Å². The largest absolute Gasteiger partial charge is 0.345 e. The third-order valence-electron chi connectivity index (χ3n) is 3.22. The van der Waals surface area contributed by atoms with Crippen molar-refractivity contribution >= 4 is 23.2 Å². The molecule has 0 aliphatic heterocycles. The number of nitro groups is 1. The molecule has 0 aliphatic carbocycles. The Labute approximate surface area is 136 Å². The van der Waals surface area contributed by atoms with Crippen LogP contribution in [0, 0.1) is 15.9 Å². The van der Waals surface area contributed by atoms with E-state index in [1.807, 2.05) is 0 Å². The first-order valence-corrected chi connectivity index (χ1v) is 6.87. The van der Waals surface area contributed by atoms with E-state index < -0.39 is 22.3 Å². The highest BCUT2D eigenvalue weighted by atomic mass is 19.1. The molecular formula is C16H14FN3O4. The minimum Gasteiger partial charge on any atom is -0.345 e. The fourth-order valence-corrected chi connectivity index (χ4v) is 2.01. The molecule has 0 spiro atoms. The molecule has 8 heteroatoms. The SMILES string of the molecule is CN(C)C(=O)c1ccccc1NC(=O)c1ccc([N+](=O)[O-])cc1F. The minimum absolute atomic E-state index is 0.221. The van der Waals surface area contributed by atoms with Crippen LogP contribution < -0.4 is 5.32 Å². The van der Waals surface area contributed by atoms with E-state index in [1.54, 1.807) is 26.2 Å². The van der Waals surface area contributed by atoms with Crippen LogP contribution in [0.15, 0.2) is 42.5 Å². The number of benzene rings is 2. The van der Waals surface area contributed by atoms with Crippen LogP contribution in [0.1, 0.15) is 20.7 Å². The van der Waals surface area contributed by atoms with Gasteiger partial charge < -0.3 is 10.2 Å². The highest BCUT2D eigenvalue weighted by Gasteiger charge is 2.19. The number of hydrogen-bond acceptors (Lipinski definition) is 4. The van der Waals surface area contributed by atoms with E-state index in [4.69, 9.17) is 0 Å². The topological polar surface area (TPSA) is 92.6 Å². The molecule has 0 radical (unpaired) electrons. The first-order chi connectivity index (χ1) is 11.3. The van der Waals surface area contributed by atoms with Crippen LogP contribution in [-0.2, 0) is 0 Å². The van der Waals surface area contributed by atoms with E-state index in [-0.39, 0.29) is 22.7 Å². The number of anilines is 1. The number of nitro benzene ring substituents is 1. The second-order valence-corrected chi connectivity index (χ2v) is 5.12. The first kappa shape index (κ1) is 17.1. The van der Waals surface area contributed by atoms with Gasteiger partial charge in [-0.3, -0.25) is 19.7 Å². The van der Waals surface area contributed by atoms with Gasteiger partial charge in [-0.1, -0.05) is 12.1 Å². The van der Waals surface area contributed by atoms with E-state index in [9.17, 15) is 24.1 Å². The number of para-hydroxylation sites is 1. The lowest BCUT2D eigenvalue weighted by Gasteiger charge is -2.14. The average Bonchev–Trinajstić information content (AvgIpc) is 2.54. The van der Waals surface area contributed by atoms with Crippen molar-refractivity contribution in [3.05, 3.63) is 69.5 Å². The maximum atomic E-state index is 13.9. The van der Waals surface area contributed by atoms with Gasteiger partial charge in [-0.05, 0) is 18.2 Å². The van der Waals surface area contributed by atoms with E-state index in [2.05, 4.69) is 5.32 Å². The van der Waals surface area contributed by atoms with Crippen LogP contribution in [0.3, 0.4) is 0 Å². The van der Waals surface area contributed by atoms with Crippen molar-refractivity contribution in [2.24, 2.45) is 0 Å². The van der Waals surface area contributed by atoms with Crippen LogP contribution in [0.25, 0.3) is 0 Å². The monoisotopic (exact) mass is 331 g/mol. The molecule has 0 aromatic heterocycles. The molecule has 124 valence electrons. The number of non-ortho nitro benzene ring substituents is 1. The summed E-state index contributed by atoms with van der Waals surface area (Å²) in [6, 6.07) is 9.04. The van der Waals surface area contributed by atoms with Crippen molar-refractivity contribution in [2.45, 2.75) is 0 Å². The number of carbonyl (C=O) groups excluding carboxylic acids is 2. The number of halogens is 1. The lowest BCUT2D eigenvalue weighted by molar-refractivity contribution is -0.385. The Balaban J connectivity index is 2.31. The summed E-state index contributed by atoms with van der Waals surface area (Å²) in [6.45, 7) is 0. The molecule has 0 heterocycles. The molecule has 24 heavy (non-hydrogen) atoms. The Morgan fingerprint density at radius 3 is 2.38 bits per heavy atom. The van der Waals surface area contributed by atoms with Gasteiger partial charge in [0.2, 0.25) is 0 Å². The fraction of sp³-hybridized carbons (Fsp3) is 0.125. The fourth-order valence-electron chi connectivity index (χ4n) is 2.01. The van der Waals surface area contributed by atoms with Crippen molar-refractivity contribution in [1.29, 1.82) is 0 Å². The Morgan fingerprint density at radius 1 is 1.12 bits per heavy atom. The average molecular weight is 331 g/mol. The number of rotatable bonds is 4. The van der Waals surface area contributed by atoms with Gasteiger partial charge in [0.15, 0.2) is 0 Å². The number of nitrogens with one attached hydrogen (secondary N) is 1. The van der Waals surface area contributed by atoms with E-state index in [0.717, 1.165) is 12.1 Å². The standard InChI is InChI=1S/C16H14FN3O4/c1-19(2)16(22)12-5-3-4-6-14(12)18-15(21)11-8-7-10(20(23)24)9-13(11)17/h3-9H,1-2H3,(H,18,21). The summed E-state index contributed by atoms with van der Waals surface area (Å²) in [4.78, 5) is 35.5. The summed E-state index contributed by atoms with van der Waals surface area (Å²) < 4.78 is 13.9. The van der Waals surface area contributed by atoms with Gasteiger partial charge in [-0.2, -0.15) is 0 Å². The lowest BCUT2D eigenvalue weighted by atomic mass is 10.1. The molecule has 0 atom stereocenters. The van der Waals surface area contributed by atoms with Gasteiger partial charge in [-0.15, -0.1) is 0 Å². The van der Waals surface area contributed by atoms with Crippen molar-refractivity contribution in [3.8, 4) is 0 Å². The predicted molar refractivity (Wildman–Crippen MR) is 85.5 cm³/mol. The van der Waals surface area contributed by atoms with Gasteiger partial charge >= 0.3 is 0 Å². The zero-order chi connectivity index (χ0) is 17.9. The summed E-state index contributed by atoms with van der Waals surface area (Å²) in [7, 11) is 3.13. The number of hydrogen-bond donors (Lipinski definition) is 1. The van der Waals surface area contributed by atoms with Gasteiger partial charge in [-0.25, -0.2) is 4.39 Å². The van der Waals surface area contributed by atoms with Gasteiger partial charge in [0.25, 0.3) is 17.5 Å². The van der Waals surface area contributed by atoms with Gasteiger partial charge in [0.05, 0.1) is 27.8 Å². The molecule has 1 N–H and O–H groups in total. The molecule has 0 aliphatic rings. The van der Waals surface area contributed by atoms with E-state index >= 15 is 0 Å². The van der Waals surface area contributed by atoms with E-state index in [0.29, 0.717) is 6.07 Å². The minimum atomic E-state index is -1.02. The first-order valence-electron chi connectivity index (χ1n) is 6.87. The summed E-state index contributed by atoms with van der Waals surface area (Å²) in [5.41, 5.74) is -0.336. The molecule has 2 aromatic carbocycles. The quantitative estimate of drug-likeness (QED) is 0.688. The summed E-state index contributed by atoms with van der Waals surface area (Å²) in [5.74, 6) is -2.14. The smallest absolute Gasteiger partial charge is 0.272 e. The lowest BCUT2D eigenvalue weighted by Crippen LogP contribution is -2.24. The Bertz CT molecular complexity index is 821. The zero-order valence-electron chi connectivity index (χ0n) is 12.9. The van der Waals surface area contributed by atoms with Crippen molar-refractivity contribution < 1.29 is 18.9 Å². The molecule has 0 fully saturated rings. The van der Waals surface area contributed by atoms with Crippen molar-refractivity contribution in [3.63, 3.8) is 0 Å². The highest BCUT2D eigenvalue weighted by molar-refractivity contribution is 6.09. The molecule has 2 rings (SSSR count). The number of amides is 2. The molecule has 7 nitrogen and oxygen atoms in total. The molecule has 0 saturated heterocycles. The van der Waals surface area contributed by atoms with Crippen LogP contribution in [0.5, 0.6) is 0 Å². The maximum absolute atomic E-state index is 13.9. The Kier molecular flexibility index (Phi) is 4.88. The van der Waals surface area contributed by atoms with Crippen LogP contribution in [-0.4, -0.2) is 35.7 Å². The summed E-state index contributed by atoms with van der Waals surface area (Å²) >= 11 is 0. The zero-order valence-corrected chi connectivity index (χ0v) is 12.9. The summed E-state index contributed by atoms with van der Waals surface area (Å²) in [6.07, 6.45) is 0. The second kappa shape index (κ2) is 6.86. The molecule has 2 aromatic rings. The van der Waals surface area contributed by atoms with Crippen molar-refractivity contribution in [2.75, 3.05) is 19.4 Å². The van der Waals surface area contributed by atoms with Crippen LogP contribution in [0.4, 0.5) is 15.8 Å². The molecular weight excluding hydrogens is 317 g/mol. The number of nitrogens with zero attached hydrogens (tertiary/aromatic N) is 2. The third kappa shape index (κ3) is 3.54. The van der Waals surface area contributed by atoms with Gasteiger partial charge in [0, 0.05) is 20.2 Å². The predicted octanol–water partition coefficient (Wildman–Crippen LogP) is 2.69. The summed E-state index contributed by atoms with van der Waals surface area (Å²) in [5, 5.41) is 13.1. The normalized spacial score (nSPS) is 10.1. The second-order valence-electron chi connectivity index (χ2n) is 5.12. The third-order valence-corrected chi connectivity index (χ3v) is 3.22. The Morgan fingerprint density at radius 2 is 1.79 bits per heavy atom. The van der Waals surface area contributed by atoms with Gasteiger partial charge in [0.1, 0.15) is 5.82 Å². The number of carbonyl (C=O) groups is 2.